The first-order valence-corrected chi connectivity index (χ1v) is 30.0. The number of ether oxygens (including phenoxy) is 6. The molecule has 0 bridgehead atoms. The number of carbonyl (C=O) groups excluding carboxylic acids is 1. The Morgan fingerprint density at radius 1 is 0.468 bits per heavy atom. The summed E-state index contributed by atoms with van der Waals surface area (Å²) in [7, 11) is 0. The minimum atomic E-state index is -1.98. The number of aliphatic hydroxyl groups excluding tert-OH is 11. The number of hydrogen-bond acceptors (Lipinski definition) is 18. The molecule has 12 N–H and O–H groups in total. The second-order valence-corrected chi connectivity index (χ2v) is 21.4. The Balaban J connectivity index is 1.52. The lowest BCUT2D eigenvalue weighted by molar-refractivity contribution is -0.379. The molecular weight excluding hydrogens is 1020 g/mol. The molecule has 3 fully saturated rings. The standard InChI is InChI=1S/C60H105NO18/c1-3-5-7-9-11-13-15-17-19-21-23-25-27-29-31-33-35-37-44(65)43(61-48(66)38-36-34-32-30-28-26-24-22-20-18-16-14-12-10-8-6-4-2)42-74-58-54(72)51(69)56(46(40-63)76-58)79-60-55(73)52(70)57(47(41-64)77-60)78-59-53(71)50(68)49(67)45(39-62)75-59/h6,8,12,14,18,20,24,26,35,37,43-47,49-60,62-65,67-73H,3-5,7,9-11,13,15-17,19,21-23,25,27-34,36,38-42H2,1-2H3,(H,61,66)/b8-6-,14-12-,20-18-,26-24-,37-35+. The van der Waals surface area contributed by atoms with E-state index in [1.54, 1.807) is 6.08 Å². The molecule has 17 unspecified atom stereocenters. The van der Waals surface area contributed by atoms with Crippen molar-refractivity contribution < 1.29 is 89.4 Å². The molecule has 1 amide bonds. The van der Waals surface area contributed by atoms with Gasteiger partial charge in [0.15, 0.2) is 18.9 Å². The van der Waals surface area contributed by atoms with Crippen molar-refractivity contribution in [1.82, 2.24) is 5.32 Å². The smallest absolute Gasteiger partial charge is 0.220 e. The van der Waals surface area contributed by atoms with Gasteiger partial charge < -0.3 is 89.9 Å². The minimum absolute atomic E-state index is 0.213. The molecule has 0 radical (unpaired) electrons. The van der Waals surface area contributed by atoms with Gasteiger partial charge in [0.2, 0.25) is 5.91 Å². The molecule has 3 rings (SSSR count). The van der Waals surface area contributed by atoms with Crippen molar-refractivity contribution in [2.45, 2.75) is 285 Å². The number of amides is 1. The topological polar surface area (TPSA) is 307 Å². The van der Waals surface area contributed by atoms with Crippen molar-refractivity contribution in [3.8, 4) is 0 Å². The molecule has 3 heterocycles. The van der Waals surface area contributed by atoms with Crippen molar-refractivity contribution in [2.75, 3.05) is 26.4 Å². The van der Waals surface area contributed by atoms with Crippen LogP contribution >= 0.6 is 0 Å². The first-order chi connectivity index (χ1) is 38.3. The molecule has 19 heteroatoms. The van der Waals surface area contributed by atoms with E-state index in [1.165, 1.54) is 77.0 Å². The lowest BCUT2D eigenvalue weighted by Gasteiger charge is -2.48. The summed E-state index contributed by atoms with van der Waals surface area (Å²) in [6, 6.07) is -0.988. The number of carbonyl (C=O) groups is 1. The maximum absolute atomic E-state index is 13.3. The number of unbranched alkanes of at least 4 members (excludes halogenated alkanes) is 19. The van der Waals surface area contributed by atoms with Crippen LogP contribution in [0.25, 0.3) is 0 Å². The predicted molar refractivity (Wildman–Crippen MR) is 300 cm³/mol. The van der Waals surface area contributed by atoms with Crippen LogP contribution in [0, 0.1) is 0 Å². The zero-order valence-electron chi connectivity index (χ0n) is 47.6. The highest BCUT2D eigenvalue weighted by Gasteiger charge is 2.53. The van der Waals surface area contributed by atoms with Gasteiger partial charge in [0.1, 0.15) is 73.2 Å². The van der Waals surface area contributed by atoms with Crippen molar-refractivity contribution in [2.24, 2.45) is 0 Å². The van der Waals surface area contributed by atoms with Gasteiger partial charge in [-0.05, 0) is 57.8 Å². The molecule has 0 aliphatic carbocycles. The molecule has 0 spiro atoms. The van der Waals surface area contributed by atoms with Gasteiger partial charge in [-0.2, -0.15) is 0 Å². The Morgan fingerprint density at radius 2 is 0.873 bits per heavy atom. The normalized spacial score (nSPS) is 30.7. The molecule has 0 aromatic heterocycles. The van der Waals surface area contributed by atoms with E-state index < -0.39 is 124 Å². The molecule has 3 aliphatic rings. The highest BCUT2D eigenvalue weighted by molar-refractivity contribution is 5.76. The van der Waals surface area contributed by atoms with Gasteiger partial charge in [0, 0.05) is 6.42 Å². The average Bonchev–Trinajstić information content (AvgIpc) is 3.54. The van der Waals surface area contributed by atoms with Crippen LogP contribution in [0.3, 0.4) is 0 Å². The number of hydrogen-bond donors (Lipinski definition) is 12. The summed E-state index contributed by atoms with van der Waals surface area (Å²) in [5.41, 5.74) is 0. The summed E-state index contributed by atoms with van der Waals surface area (Å²) in [6.07, 6.45) is 21.9. The van der Waals surface area contributed by atoms with Crippen LogP contribution in [0.5, 0.6) is 0 Å². The largest absolute Gasteiger partial charge is 0.394 e. The molecule has 0 aromatic carbocycles. The summed E-state index contributed by atoms with van der Waals surface area (Å²) in [5.74, 6) is -0.301. The van der Waals surface area contributed by atoms with Crippen LogP contribution in [0.2, 0.25) is 0 Å². The fourth-order valence-electron chi connectivity index (χ4n) is 9.89. The van der Waals surface area contributed by atoms with Crippen molar-refractivity contribution in [3.05, 3.63) is 60.8 Å². The number of nitrogens with one attached hydrogen (secondary N) is 1. The molecule has 458 valence electrons. The lowest BCUT2D eigenvalue weighted by Crippen LogP contribution is -2.66. The lowest BCUT2D eigenvalue weighted by atomic mass is 9.96. The van der Waals surface area contributed by atoms with Gasteiger partial charge in [0.25, 0.3) is 0 Å². The van der Waals surface area contributed by atoms with Gasteiger partial charge in [0.05, 0.1) is 38.6 Å². The highest BCUT2D eigenvalue weighted by Crippen LogP contribution is 2.33. The summed E-state index contributed by atoms with van der Waals surface area (Å²) in [6.45, 7) is 1.58. The second kappa shape index (κ2) is 43.2. The first-order valence-electron chi connectivity index (χ1n) is 30.0. The molecular formula is C60H105NO18. The number of rotatable bonds is 43. The van der Waals surface area contributed by atoms with Gasteiger partial charge in [-0.1, -0.05) is 177 Å². The van der Waals surface area contributed by atoms with Gasteiger partial charge in [-0.3, -0.25) is 4.79 Å². The third-order valence-electron chi connectivity index (χ3n) is 14.8. The third-order valence-corrected chi connectivity index (χ3v) is 14.8. The van der Waals surface area contributed by atoms with E-state index in [-0.39, 0.29) is 18.9 Å². The molecule has 19 nitrogen and oxygen atoms in total. The molecule has 0 saturated carbocycles. The summed E-state index contributed by atoms with van der Waals surface area (Å²) in [4.78, 5) is 13.3. The second-order valence-electron chi connectivity index (χ2n) is 21.4. The summed E-state index contributed by atoms with van der Waals surface area (Å²) < 4.78 is 34.2. The van der Waals surface area contributed by atoms with E-state index in [0.29, 0.717) is 6.42 Å². The van der Waals surface area contributed by atoms with E-state index in [2.05, 4.69) is 67.8 Å². The Labute approximate surface area is 471 Å². The predicted octanol–water partition coefficient (Wildman–Crippen LogP) is 5.26. The van der Waals surface area contributed by atoms with E-state index in [1.807, 2.05) is 6.08 Å². The number of allylic oxidation sites excluding steroid dienone is 9. The Morgan fingerprint density at radius 3 is 1.37 bits per heavy atom. The summed E-state index contributed by atoms with van der Waals surface area (Å²) in [5, 5.41) is 120. The van der Waals surface area contributed by atoms with Gasteiger partial charge >= 0.3 is 0 Å². The van der Waals surface area contributed by atoms with Crippen molar-refractivity contribution >= 4 is 5.91 Å². The Kier molecular flexibility index (Phi) is 38.7. The van der Waals surface area contributed by atoms with Crippen LogP contribution in [0.4, 0.5) is 0 Å². The number of aliphatic hydroxyl groups is 11. The van der Waals surface area contributed by atoms with E-state index >= 15 is 0 Å². The third kappa shape index (κ3) is 27.2. The maximum Gasteiger partial charge on any atom is 0.220 e. The molecule has 79 heavy (non-hydrogen) atoms. The zero-order valence-corrected chi connectivity index (χ0v) is 47.6. The van der Waals surface area contributed by atoms with Gasteiger partial charge in [-0.15, -0.1) is 0 Å². The fraction of sp³-hybridized carbons (Fsp3) is 0.817. The van der Waals surface area contributed by atoms with E-state index in [4.69, 9.17) is 28.4 Å². The summed E-state index contributed by atoms with van der Waals surface area (Å²) >= 11 is 0. The Hall–Kier alpha value is -2.51. The van der Waals surface area contributed by atoms with E-state index in [9.17, 15) is 61.0 Å². The average molecular weight is 1130 g/mol. The van der Waals surface area contributed by atoms with Crippen LogP contribution in [-0.2, 0) is 33.2 Å². The van der Waals surface area contributed by atoms with Crippen LogP contribution in [0.15, 0.2) is 60.8 Å². The van der Waals surface area contributed by atoms with Crippen molar-refractivity contribution in [1.29, 1.82) is 0 Å². The first kappa shape index (κ1) is 70.8. The fourth-order valence-corrected chi connectivity index (χ4v) is 9.89. The zero-order chi connectivity index (χ0) is 57.6. The molecule has 3 saturated heterocycles. The van der Waals surface area contributed by atoms with Crippen molar-refractivity contribution in [3.63, 3.8) is 0 Å². The van der Waals surface area contributed by atoms with Crippen LogP contribution in [0.1, 0.15) is 181 Å². The molecule has 17 atom stereocenters. The molecule has 0 aromatic rings. The van der Waals surface area contributed by atoms with Crippen LogP contribution < -0.4 is 5.32 Å². The SMILES string of the molecule is CC/C=C\C/C=C\C/C=C\C/C=C\CCCCCCC(=O)NC(COC1OC(CO)C(OC2OC(CO)C(OC3OC(CO)C(O)C(O)C3O)C(O)C2O)C(O)C1O)C(O)/C=C/CCCCCCCCCCCCCCCCC. The maximum atomic E-state index is 13.3. The van der Waals surface area contributed by atoms with Gasteiger partial charge in [-0.25, -0.2) is 0 Å². The highest BCUT2D eigenvalue weighted by atomic mass is 16.8. The monoisotopic (exact) mass is 1130 g/mol. The van der Waals surface area contributed by atoms with E-state index in [0.717, 1.165) is 77.0 Å². The minimum Gasteiger partial charge on any atom is -0.394 e. The van der Waals surface area contributed by atoms with Crippen LogP contribution in [-0.4, -0.2) is 193 Å². The Bertz CT molecular complexity index is 1680. The molecule has 3 aliphatic heterocycles. The quantitative estimate of drug-likeness (QED) is 0.0274.